The molecule has 0 aliphatic heterocycles. The van der Waals surface area contributed by atoms with Crippen LogP contribution in [-0.4, -0.2) is 18.3 Å². The molecule has 2 N–H and O–H groups in total. The number of aliphatic hydroxyl groups excluding tert-OH is 1. The number of halogens is 1. The zero-order chi connectivity index (χ0) is 13.2. The van der Waals surface area contributed by atoms with Crippen molar-refractivity contribution in [1.82, 2.24) is 5.32 Å². The van der Waals surface area contributed by atoms with Crippen LogP contribution in [0.2, 0.25) is 0 Å². The predicted octanol–water partition coefficient (Wildman–Crippen LogP) is 2.34. The fraction of sp³-hybridized carbons (Fsp3) is 0.500. The number of benzene rings is 1. The van der Waals surface area contributed by atoms with Crippen molar-refractivity contribution in [3.8, 4) is 6.07 Å². The van der Waals surface area contributed by atoms with Gasteiger partial charge in [-0.3, -0.25) is 0 Å². The minimum Gasteiger partial charge on any atom is -0.396 e. The Morgan fingerprint density at radius 2 is 2.00 bits per heavy atom. The smallest absolute Gasteiger partial charge is 0.123 e. The SMILES string of the molecule is N#Cc1ccc(F)cc1CNCCCCCCO. The van der Waals surface area contributed by atoms with E-state index in [1.807, 2.05) is 0 Å². The largest absolute Gasteiger partial charge is 0.396 e. The van der Waals surface area contributed by atoms with E-state index < -0.39 is 0 Å². The first-order chi connectivity index (χ1) is 8.77. The molecule has 0 radical (unpaired) electrons. The van der Waals surface area contributed by atoms with Gasteiger partial charge in [0.05, 0.1) is 11.6 Å². The summed E-state index contributed by atoms with van der Waals surface area (Å²) in [5, 5.41) is 20.7. The fourth-order valence-electron chi connectivity index (χ4n) is 1.76. The topological polar surface area (TPSA) is 56.0 Å². The van der Waals surface area contributed by atoms with Crippen LogP contribution >= 0.6 is 0 Å². The van der Waals surface area contributed by atoms with Crippen molar-refractivity contribution in [3.63, 3.8) is 0 Å². The molecule has 0 unspecified atom stereocenters. The van der Waals surface area contributed by atoms with Gasteiger partial charge < -0.3 is 10.4 Å². The molecule has 3 nitrogen and oxygen atoms in total. The lowest BCUT2D eigenvalue weighted by Gasteiger charge is -2.06. The third-order valence-corrected chi connectivity index (χ3v) is 2.76. The summed E-state index contributed by atoms with van der Waals surface area (Å²) >= 11 is 0. The Bertz CT molecular complexity index is 401. The Balaban J connectivity index is 2.27. The first kappa shape index (κ1) is 14.6. The van der Waals surface area contributed by atoms with Crippen LogP contribution in [0.4, 0.5) is 4.39 Å². The lowest BCUT2D eigenvalue weighted by atomic mass is 10.1. The van der Waals surface area contributed by atoms with Crippen LogP contribution in [-0.2, 0) is 6.54 Å². The molecule has 98 valence electrons. The fourth-order valence-corrected chi connectivity index (χ4v) is 1.76. The van der Waals surface area contributed by atoms with E-state index in [-0.39, 0.29) is 12.4 Å². The first-order valence-electron chi connectivity index (χ1n) is 6.28. The molecule has 1 aromatic rings. The van der Waals surface area contributed by atoms with Gasteiger partial charge in [0.2, 0.25) is 0 Å². The lowest BCUT2D eigenvalue weighted by Crippen LogP contribution is -2.15. The zero-order valence-electron chi connectivity index (χ0n) is 10.5. The Labute approximate surface area is 107 Å². The van der Waals surface area contributed by atoms with Crippen molar-refractivity contribution in [1.29, 1.82) is 5.26 Å². The number of hydrogen-bond acceptors (Lipinski definition) is 3. The Morgan fingerprint density at radius 1 is 1.22 bits per heavy atom. The second-order valence-electron chi connectivity index (χ2n) is 4.23. The van der Waals surface area contributed by atoms with Crippen LogP contribution in [0, 0.1) is 17.1 Å². The molecule has 0 fully saturated rings. The Kier molecular flexibility index (Phi) is 7.00. The van der Waals surface area contributed by atoms with Crippen LogP contribution in [0.1, 0.15) is 36.8 Å². The molecule has 0 saturated heterocycles. The van der Waals surface area contributed by atoms with E-state index >= 15 is 0 Å². The van der Waals surface area contributed by atoms with E-state index in [2.05, 4.69) is 11.4 Å². The predicted molar refractivity (Wildman–Crippen MR) is 68.4 cm³/mol. The maximum atomic E-state index is 13.0. The van der Waals surface area contributed by atoms with E-state index in [1.54, 1.807) is 0 Å². The van der Waals surface area contributed by atoms with Gasteiger partial charge >= 0.3 is 0 Å². The van der Waals surface area contributed by atoms with Crippen LogP contribution < -0.4 is 5.32 Å². The molecule has 18 heavy (non-hydrogen) atoms. The molecule has 0 amide bonds. The normalized spacial score (nSPS) is 10.3. The van der Waals surface area contributed by atoms with Crippen LogP contribution in [0.3, 0.4) is 0 Å². The zero-order valence-corrected chi connectivity index (χ0v) is 10.5. The third kappa shape index (κ3) is 5.26. The molecular formula is C14H19FN2O. The first-order valence-corrected chi connectivity index (χ1v) is 6.28. The highest BCUT2D eigenvalue weighted by atomic mass is 19.1. The van der Waals surface area contributed by atoms with Crippen molar-refractivity contribution >= 4 is 0 Å². The molecule has 0 bridgehead atoms. The number of aliphatic hydroxyl groups is 1. The molecule has 0 saturated carbocycles. The number of hydrogen-bond donors (Lipinski definition) is 2. The number of unbranched alkanes of at least 4 members (excludes halogenated alkanes) is 3. The van der Waals surface area contributed by atoms with Crippen molar-refractivity contribution in [3.05, 3.63) is 35.1 Å². The van der Waals surface area contributed by atoms with Gasteiger partial charge in [-0.2, -0.15) is 5.26 Å². The summed E-state index contributed by atoms with van der Waals surface area (Å²) in [5.41, 5.74) is 1.22. The average molecular weight is 250 g/mol. The summed E-state index contributed by atoms with van der Waals surface area (Å²) in [6.45, 7) is 1.61. The molecule has 1 aromatic carbocycles. The summed E-state index contributed by atoms with van der Waals surface area (Å²) in [6, 6.07) is 6.27. The van der Waals surface area contributed by atoms with E-state index in [1.165, 1.54) is 18.2 Å². The monoisotopic (exact) mass is 250 g/mol. The van der Waals surface area contributed by atoms with Gasteiger partial charge in [0.1, 0.15) is 5.82 Å². The summed E-state index contributed by atoms with van der Waals surface area (Å²) < 4.78 is 13.0. The molecular weight excluding hydrogens is 231 g/mol. The quantitative estimate of drug-likeness (QED) is 0.696. The summed E-state index contributed by atoms with van der Waals surface area (Å²) in [4.78, 5) is 0. The van der Waals surface area contributed by atoms with Gasteiger partial charge in [-0.1, -0.05) is 12.8 Å². The lowest BCUT2D eigenvalue weighted by molar-refractivity contribution is 0.282. The standard InChI is InChI=1S/C14H19FN2O/c15-14-6-5-12(10-16)13(9-14)11-17-7-3-1-2-4-8-18/h5-6,9,17-18H,1-4,7-8,11H2. The summed E-state index contributed by atoms with van der Waals surface area (Å²) in [7, 11) is 0. The second-order valence-corrected chi connectivity index (χ2v) is 4.23. The van der Waals surface area contributed by atoms with Crippen LogP contribution in [0.5, 0.6) is 0 Å². The van der Waals surface area contributed by atoms with Gasteiger partial charge in [-0.15, -0.1) is 0 Å². The maximum absolute atomic E-state index is 13.0. The molecule has 0 heterocycles. The maximum Gasteiger partial charge on any atom is 0.123 e. The van der Waals surface area contributed by atoms with Gasteiger partial charge in [-0.25, -0.2) is 4.39 Å². The van der Waals surface area contributed by atoms with Gasteiger partial charge in [0.15, 0.2) is 0 Å². The van der Waals surface area contributed by atoms with Crippen LogP contribution in [0.15, 0.2) is 18.2 Å². The third-order valence-electron chi connectivity index (χ3n) is 2.76. The Hall–Kier alpha value is -1.44. The highest BCUT2D eigenvalue weighted by Gasteiger charge is 2.02. The number of nitrogens with one attached hydrogen (secondary N) is 1. The van der Waals surface area contributed by atoms with Gasteiger partial charge in [0.25, 0.3) is 0 Å². The van der Waals surface area contributed by atoms with E-state index in [0.717, 1.165) is 32.2 Å². The molecule has 0 aliphatic rings. The highest BCUT2D eigenvalue weighted by Crippen LogP contribution is 2.10. The van der Waals surface area contributed by atoms with Crippen molar-refractivity contribution < 1.29 is 9.50 Å². The Morgan fingerprint density at radius 3 is 2.72 bits per heavy atom. The molecule has 0 atom stereocenters. The van der Waals surface area contributed by atoms with Crippen molar-refractivity contribution in [2.75, 3.05) is 13.2 Å². The molecule has 1 rings (SSSR count). The minimum atomic E-state index is -0.311. The van der Waals surface area contributed by atoms with Crippen LogP contribution in [0.25, 0.3) is 0 Å². The van der Waals surface area contributed by atoms with Gasteiger partial charge in [0, 0.05) is 13.2 Å². The summed E-state index contributed by atoms with van der Waals surface area (Å²) in [5.74, 6) is -0.311. The number of rotatable bonds is 8. The number of nitrogens with zero attached hydrogens (tertiary/aromatic N) is 1. The minimum absolute atomic E-state index is 0.252. The number of nitriles is 1. The highest BCUT2D eigenvalue weighted by molar-refractivity contribution is 5.37. The van der Waals surface area contributed by atoms with Crippen molar-refractivity contribution in [2.24, 2.45) is 0 Å². The molecule has 4 heteroatoms. The van der Waals surface area contributed by atoms with Crippen molar-refractivity contribution in [2.45, 2.75) is 32.2 Å². The van der Waals surface area contributed by atoms with Gasteiger partial charge in [-0.05, 0) is 43.1 Å². The van der Waals surface area contributed by atoms with E-state index in [0.29, 0.717) is 17.7 Å². The van der Waals surface area contributed by atoms with E-state index in [4.69, 9.17) is 10.4 Å². The summed E-state index contributed by atoms with van der Waals surface area (Å²) in [6.07, 6.45) is 3.98. The molecule has 0 aliphatic carbocycles. The molecule has 0 aromatic heterocycles. The second kappa shape index (κ2) is 8.62. The molecule has 0 spiro atoms. The van der Waals surface area contributed by atoms with E-state index in [9.17, 15) is 4.39 Å². The average Bonchev–Trinajstić information content (AvgIpc) is 2.38.